The van der Waals surface area contributed by atoms with Crippen molar-refractivity contribution in [2.75, 3.05) is 26.3 Å². The Hall–Kier alpha value is -1.10. The van der Waals surface area contributed by atoms with Crippen LogP contribution in [0.2, 0.25) is 0 Å². The largest absolute Gasteiger partial charge is 0.462 e. The predicted octanol–water partition coefficient (Wildman–Crippen LogP) is 3.44. The molecule has 0 radical (unpaired) electrons. The lowest BCUT2D eigenvalue weighted by molar-refractivity contribution is -0.231. The van der Waals surface area contributed by atoms with E-state index in [0.717, 1.165) is 57.4 Å². The van der Waals surface area contributed by atoms with Crippen LogP contribution in [0.1, 0.15) is 55.6 Å². The molecule has 3 fully saturated rings. The molecule has 0 N–H and O–H groups in total. The summed E-state index contributed by atoms with van der Waals surface area (Å²) in [4.78, 5) is 2.64. The van der Waals surface area contributed by atoms with Gasteiger partial charge in [-0.2, -0.15) is 0 Å². The highest BCUT2D eigenvalue weighted by molar-refractivity contribution is 5.40. The van der Waals surface area contributed by atoms with Crippen molar-refractivity contribution >= 4 is 0 Å². The van der Waals surface area contributed by atoms with Crippen LogP contribution in [-0.2, 0) is 16.1 Å². The molecular formula is C20H27NO3. The molecule has 1 spiro atoms. The molecule has 3 aliphatic heterocycles. The Balaban J connectivity index is 1.28. The molecule has 5 rings (SSSR count). The van der Waals surface area contributed by atoms with E-state index in [9.17, 15) is 0 Å². The second-order valence-electron chi connectivity index (χ2n) is 7.85. The average molecular weight is 329 g/mol. The van der Waals surface area contributed by atoms with Crippen molar-refractivity contribution in [3.63, 3.8) is 0 Å². The lowest BCUT2D eigenvalue weighted by Crippen LogP contribution is -2.54. The molecule has 130 valence electrons. The Morgan fingerprint density at radius 3 is 2.67 bits per heavy atom. The van der Waals surface area contributed by atoms with Crippen molar-refractivity contribution in [3.8, 4) is 5.75 Å². The minimum Gasteiger partial charge on any atom is -0.462 e. The van der Waals surface area contributed by atoms with Crippen LogP contribution < -0.4 is 4.74 Å². The molecule has 24 heavy (non-hydrogen) atoms. The van der Waals surface area contributed by atoms with Crippen LogP contribution in [0.15, 0.2) is 18.2 Å². The first-order chi connectivity index (χ1) is 11.8. The van der Waals surface area contributed by atoms with Gasteiger partial charge < -0.3 is 14.2 Å². The van der Waals surface area contributed by atoms with Crippen LogP contribution in [-0.4, -0.2) is 43.0 Å². The molecule has 1 aromatic rings. The zero-order chi connectivity index (χ0) is 16.0. The summed E-state index contributed by atoms with van der Waals surface area (Å²) in [6, 6.07) is 7.48. The number of nitrogens with zero attached hydrogens (tertiary/aromatic N) is 1. The monoisotopic (exact) mass is 329 g/mol. The minimum atomic E-state index is -0.384. The molecule has 2 saturated heterocycles. The zero-order valence-corrected chi connectivity index (χ0v) is 14.3. The first-order valence-electron chi connectivity index (χ1n) is 9.59. The second kappa shape index (κ2) is 6.01. The third kappa shape index (κ3) is 2.65. The molecule has 1 unspecified atom stereocenters. The zero-order valence-electron chi connectivity index (χ0n) is 14.3. The summed E-state index contributed by atoms with van der Waals surface area (Å²) in [6.45, 7) is 4.63. The number of benzene rings is 1. The minimum absolute atomic E-state index is 0.384. The Morgan fingerprint density at radius 2 is 1.96 bits per heavy atom. The van der Waals surface area contributed by atoms with Gasteiger partial charge in [-0.3, -0.25) is 4.90 Å². The average Bonchev–Trinajstić information content (AvgIpc) is 3.10. The molecule has 1 aromatic carbocycles. The topological polar surface area (TPSA) is 30.9 Å². The van der Waals surface area contributed by atoms with Gasteiger partial charge in [-0.25, -0.2) is 0 Å². The summed E-state index contributed by atoms with van der Waals surface area (Å²) in [5.41, 5.74) is 2.57. The molecule has 4 aliphatic rings. The number of fused-ring (bicyclic) bond motifs is 1. The summed E-state index contributed by atoms with van der Waals surface area (Å²) < 4.78 is 18.1. The maximum atomic E-state index is 6.38. The normalized spacial score (nSPS) is 29.9. The van der Waals surface area contributed by atoms with Crippen LogP contribution in [0.25, 0.3) is 0 Å². The van der Waals surface area contributed by atoms with Crippen LogP contribution in [0.5, 0.6) is 5.75 Å². The van der Waals surface area contributed by atoms with E-state index in [1.54, 1.807) is 0 Å². The van der Waals surface area contributed by atoms with Gasteiger partial charge in [-0.15, -0.1) is 0 Å². The molecule has 0 amide bonds. The maximum Gasteiger partial charge on any atom is 0.213 e. The van der Waals surface area contributed by atoms with E-state index >= 15 is 0 Å². The quantitative estimate of drug-likeness (QED) is 0.832. The number of hydrogen-bond donors (Lipinski definition) is 0. The molecule has 4 nitrogen and oxygen atoms in total. The van der Waals surface area contributed by atoms with Gasteiger partial charge in [0.05, 0.1) is 13.2 Å². The van der Waals surface area contributed by atoms with E-state index < -0.39 is 0 Å². The third-order valence-electron chi connectivity index (χ3n) is 6.42. The van der Waals surface area contributed by atoms with E-state index in [0.29, 0.717) is 12.5 Å². The van der Waals surface area contributed by atoms with Crippen LogP contribution >= 0.6 is 0 Å². The van der Waals surface area contributed by atoms with Gasteiger partial charge in [-0.1, -0.05) is 12.5 Å². The lowest BCUT2D eigenvalue weighted by Gasteiger charge is -2.47. The third-order valence-corrected chi connectivity index (χ3v) is 6.42. The SMILES string of the molecule is c1cc2c(cc1C1CCOC1)COC1(CCN(C3CCC3)CC1)O2. The summed E-state index contributed by atoms with van der Waals surface area (Å²) >= 11 is 0. The van der Waals surface area contributed by atoms with Crippen molar-refractivity contribution in [3.05, 3.63) is 29.3 Å². The van der Waals surface area contributed by atoms with Gasteiger partial charge in [-0.05, 0) is 37.0 Å². The van der Waals surface area contributed by atoms with E-state index in [1.807, 2.05) is 0 Å². The second-order valence-corrected chi connectivity index (χ2v) is 7.85. The first-order valence-corrected chi connectivity index (χ1v) is 9.59. The first kappa shape index (κ1) is 15.2. The Labute approximate surface area is 144 Å². The standard InChI is InChI=1S/C20H27NO3/c1-2-18(3-1)21-9-7-20(8-10-21)23-14-17-12-15(4-5-19(17)24-20)16-6-11-22-13-16/h4-5,12,16,18H,1-3,6-11,13-14H2. The number of piperidine rings is 1. The van der Waals surface area contributed by atoms with Crippen molar-refractivity contribution in [1.82, 2.24) is 4.90 Å². The number of likely N-dealkylation sites (tertiary alicyclic amines) is 1. The molecule has 4 heteroatoms. The molecule has 0 bridgehead atoms. The summed E-state index contributed by atoms with van der Waals surface area (Å²) in [7, 11) is 0. The van der Waals surface area contributed by atoms with Gasteiger partial charge in [0.15, 0.2) is 0 Å². The highest BCUT2D eigenvalue weighted by Gasteiger charge is 2.42. The van der Waals surface area contributed by atoms with Gasteiger partial charge >= 0.3 is 0 Å². The number of ether oxygens (including phenoxy) is 3. The highest BCUT2D eigenvalue weighted by Crippen LogP contribution is 2.40. The predicted molar refractivity (Wildman–Crippen MR) is 91.2 cm³/mol. The Morgan fingerprint density at radius 1 is 1.08 bits per heavy atom. The molecule has 0 aromatic heterocycles. The number of hydrogen-bond acceptors (Lipinski definition) is 4. The highest BCUT2D eigenvalue weighted by atomic mass is 16.7. The summed E-state index contributed by atoms with van der Waals surface area (Å²) in [5, 5.41) is 0. The summed E-state index contributed by atoms with van der Waals surface area (Å²) in [6.07, 6.45) is 7.27. The van der Waals surface area contributed by atoms with Crippen molar-refractivity contribution in [1.29, 1.82) is 0 Å². The molecule has 1 atom stereocenters. The van der Waals surface area contributed by atoms with Gasteiger partial charge in [0.25, 0.3) is 0 Å². The lowest BCUT2D eigenvalue weighted by atomic mass is 9.89. The van der Waals surface area contributed by atoms with Gasteiger partial charge in [0.1, 0.15) is 5.75 Å². The van der Waals surface area contributed by atoms with Gasteiger partial charge in [0, 0.05) is 50.1 Å². The van der Waals surface area contributed by atoms with E-state index in [4.69, 9.17) is 14.2 Å². The van der Waals surface area contributed by atoms with E-state index in [2.05, 4.69) is 23.1 Å². The fraction of sp³-hybridized carbons (Fsp3) is 0.700. The van der Waals surface area contributed by atoms with Crippen LogP contribution in [0.4, 0.5) is 0 Å². The van der Waals surface area contributed by atoms with Crippen molar-refractivity contribution in [2.45, 2.75) is 62.9 Å². The Bertz CT molecular complexity index is 599. The molecule has 3 heterocycles. The smallest absolute Gasteiger partial charge is 0.213 e. The van der Waals surface area contributed by atoms with Crippen molar-refractivity contribution in [2.24, 2.45) is 0 Å². The number of rotatable bonds is 2. The molecule has 1 saturated carbocycles. The van der Waals surface area contributed by atoms with Crippen molar-refractivity contribution < 1.29 is 14.2 Å². The van der Waals surface area contributed by atoms with E-state index in [-0.39, 0.29) is 5.79 Å². The van der Waals surface area contributed by atoms with E-state index in [1.165, 1.54) is 30.4 Å². The Kier molecular flexibility index (Phi) is 3.80. The van der Waals surface area contributed by atoms with Crippen LogP contribution in [0.3, 0.4) is 0 Å². The van der Waals surface area contributed by atoms with Crippen LogP contribution in [0, 0.1) is 0 Å². The maximum absolute atomic E-state index is 6.38. The van der Waals surface area contributed by atoms with Gasteiger partial charge in [0.2, 0.25) is 5.79 Å². The fourth-order valence-electron chi connectivity index (χ4n) is 4.53. The molecular weight excluding hydrogens is 302 g/mol. The molecule has 1 aliphatic carbocycles. The summed E-state index contributed by atoms with van der Waals surface area (Å²) in [5.74, 6) is 1.18. The fourth-order valence-corrected chi connectivity index (χ4v) is 4.53.